The van der Waals surface area contributed by atoms with Crippen LogP contribution >= 0.6 is 45.8 Å². The Morgan fingerprint density at radius 3 is 2.00 bits per heavy atom. The van der Waals surface area contributed by atoms with Crippen molar-refractivity contribution in [3.05, 3.63) is 127 Å². The molecule has 4 aromatic rings. The maximum absolute atomic E-state index is 12.8. The van der Waals surface area contributed by atoms with E-state index in [2.05, 4.69) is 15.8 Å². The molecule has 4 rings (SSSR count). The first-order valence-electron chi connectivity index (χ1n) is 12.1. The third-order valence-electron chi connectivity index (χ3n) is 5.48. The van der Waals surface area contributed by atoms with E-state index in [4.69, 9.17) is 32.7 Å². The molecule has 0 heterocycles. The molecule has 4 aromatic carbocycles. The highest BCUT2D eigenvalue weighted by Crippen LogP contribution is 2.26. The van der Waals surface area contributed by atoms with Crippen LogP contribution in [0.2, 0.25) is 10.0 Å². The summed E-state index contributed by atoms with van der Waals surface area (Å²) in [5.41, 5.74) is 3.52. The van der Waals surface area contributed by atoms with E-state index in [-0.39, 0.29) is 34.7 Å². The maximum Gasteiger partial charge on any atom is 0.343 e. The molecule has 2 N–H and O–H groups in total. The fourth-order valence-electron chi connectivity index (χ4n) is 3.38. The first-order chi connectivity index (χ1) is 20.2. The first-order valence-corrected chi connectivity index (χ1v) is 14.0. The fourth-order valence-corrected chi connectivity index (χ4v) is 4.27. The minimum Gasteiger partial charge on any atom is -0.423 e. The number of amides is 2. The average molecular weight is 716 g/mol. The van der Waals surface area contributed by atoms with Gasteiger partial charge in [0.1, 0.15) is 11.5 Å². The SMILES string of the molecule is O=C(CNC(=O)c1ccccc1I)NN=Cc1ccc(OC(=O)c2ccc(Cl)cc2)cc1OC(=O)c1ccc(Cl)cc1. The number of nitrogens with zero attached hydrogens (tertiary/aromatic N) is 1. The average Bonchev–Trinajstić information content (AvgIpc) is 2.98. The minimum atomic E-state index is -0.704. The third kappa shape index (κ3) is 8.62. The van der Waals surface area contributed by atoms with Crippen LogP contribution in [-0.4, -0.2) is 36.5 Å². The number of benzene rings is 4. The molecule has 0 saturated heterocycles. The Bertz CT molecular complexity index is 1660. The molecule has 42 heavy (non-hydrogen) atoms. The molecular formula is C30H20Cl2IN3O6. The number of esters is 2. The highest BCUT2D eigenvalue weighted by atomic mass is 127. The summed E-state index contributed by atoms with van der Waals surface area (Å²) < 4.78 is 11.7. The van der Waals surface area contributed by atoms with Gasteiger partial charge in [-0.1, -0.05) is 35.3 Å². The Labute approximate surface area is 263 Å². The standard InChI is InChI=1S/C30H20Cl2IN3O6/c31-21-10-5-18(6-11-21)29(39)41-23-14-9-20(26(15-23)42-30(40)19-7-12-22(32)13-8-19)16-35-36-27(37)17-34-28(38)24-3-1-2-4-25(24)33/h1-16H,17H2,(H,34,38)(H,36,37). The molecule has 0 bridgehead atoms. The van der Waals surface area contributed by atoms with Crippen LogP contribution in [0.3, 0.4) is 0 Å². The van der Waals surface area contributed by atoms with Gasteiger partial charge in [-0.3, -0.25) is 9.59 Å². The number of carbonyl (C=O) groups excluding carboxylic acids is 4. The van der Waals surface area contributed by atoms with Crippen LogP contribution in [0.4, 0.5) is 0 Å². The lowest BCUT2D eigenvalue weighted by Crippen LogP contribution is -2.35. The maximum atomic E-state index is 12.8. The third-order valence-corrected chi connectivity index (χ3v) is 6.92. The predicted molar refractivity (Wildman–Crippen MR) is 166 cm³/mol. The zero-order valence-electron chi connectivity index (χ0n) is 21.5. The van der Waals surface area contributed by atoms with Crippen molar-refractivity contribution in [1.82, 2.24) is 10.7 Å². The highest BCUT2D eigenvalue weighted by Gasteiger charge is 2.16. The summed E-state index contributed by atoms with van der Waals surface area (Å²) in [6, 6.07) is 23.5. The monoisotopic (exact) mass is 715 g/mol. The number of hydrogen-bond donors (Lipinski definition) is 2. The van der Waals surface area contributed by atoms with Crippen molar-refractivity contribution in [3.8, 4) is 11.5 Å². The second kappa shape index (κ2) is 14.6. The van der Waals surface area contributed by atoms with E-state index in [1.165, 1.54) is 60.8 Å². The Kier molecular flexibility index (Phi) is 10.7. The van der Waals surface area contributed by atoms with Crippen molar-refractivity contribution in [2.45, 2.75) is 0 Å². The molecule has 0 aliphatic carbocycles. The Balaban J connectivity index is 1.47. The van der Waals surface area contributed by atoms with Gasteiger partial charge in [-0.2, -0.15) is 5.10 Å². The summed E-state index contributed by atoms with van der Waals surface area (Å²) in [6.45, 7) is -0.320. The number of hydrogen-bond acceptors (Lipinski definition) is 7. The second-order valence-corrected chi connectivity index (χ2v) is 10.5. The van der Waals surface area contributed by atoms with Crippen LogP contribution in [0.25, 0.3) is 0 Å². The van der Waals surface area contributed by atoms with Crippen molar-refractivity contribution in [3.63, 3.8) is 0 Å². The molecular weight excluding hydrogens is 696 g/mol. The summed E-state index contributed by atoms with van der Waals surface area (Å²) in [4.78, 5) is 50.0. The summed E-state index contributed by atoms with van der Waals surface area (Å²) in [5.74, 6) is -2.25. The van der Waals surface area contributed by atoms with Crippen LogP contribution < -0.4 is 20.2 Å². The zero-order valence-corrected chi connectivity index (χ0v) is 25.1. The van der Waals surface area contributed by atoms with Gasteiger partial charge in [0, 0.05) is 25.2 Å². The van der Waals surface area contributed by atoms with Gasteiger partial charge in [-0.05, 0) is 95.4 Å². The Hall–Kier alpha value is -4.26. The molecule has 0 saturated carbocycles. The van der Waals surface area contributed by atoms with Crippen LogP contribution in [0, 0.1) is 3.57 Å². The predicted octanol–water partition coefficient (Wildman–Crippen LogP) is 5.92. The molecule has 0 fully saturated rings. The van der Waals surface area contributed by atoms with E-state index in [1.54, 1.807) is 36.4 Å². The van der Waals surface area contributed by atoms with Crippen LogP contribution in [-0.2, 0) is 4.79 Å². The minimum absolute atomic E-state index is 0.00121. The number of carbonyl (C=O) groups is 4. The van der Waals surface area contributed by atoms with Crippen LogP contribution in [0.15, 0.2) is 96.1 Å². The summed E-state index contributed by atoms with van der Waals surface area (Å²) >= 11 is 13.8. The van der Waals surface area contributed by atoms with Gasteiger partial charge in [0.15, 0.2) is 0 Å². The van der Waals surface area contributed by atoms with E-state index >= 15 is 0 Å². The van der Waals surface area contributed by atoms with Crippen molar-refractivity contribution in [1.29, 1.82) is 0 Å². The second-order valence-electron chi connectivity index (χ2n) is 8.45. The normalized spacial score (nSPS) is 10.6. The lowest BCUT2D eigenvalue weighted by Gasteiger charge is -2.11. The topological polar surface area (TPSA) is 123 Å². The zero-order chi connectivity index (χ0) is 30.1. The molecule has 0 spiro atoms. The highest BCUT2D eigenvalue weighted by molar-refractivity contribution is 14.1. The van der Waals surface area contributed by atoms with Gasteiger partial charge in [0.05, 0.1) is 29.4 Å². The molecule has 0 unspecified atom stereocenters. The molecule has 0 aliphatic rings. The molecule has 12 heteroatoms. The molecule has 9 nitrogen and oxygen atoms in total. The molecule has 0 radical (unpaired) electrons. The van der Waals surface area contributed by atoms with E-state index in [0.29, 0.717) is 15.6 Å². The van der Waals surface area contributed by atoms with Gasteiger partial charge in [0.25, 0.3) is 11.8 Å². The number of ether oxygens (including phenoxy) is 2. The number of rotatable bonds is 9. The molecule has 0 aromatic heterocycles. The Morgan fingerprint density at radius 2 is 1.38 bits per heavy atom. The largest absolute Gasteiger partial charge is 0.423 e. The quantitative estimate of drug-likeness (QED) is 0.0730. The smallest absolute Gasteiger partial charge is 0.343 e. The van der Waals surface area contributed by atoms with E-state index < -0.39 is 23.8 Å². The number of halogens is 3. The van der Waals surface area contributed by atoms with Gasteiger partial charge >= 0.3 is 11.9 Å². The Morgan fingerprint density at radius 1 is 0.786 bits per heavy atom. The molecule has 0 atom stereocenters. The van der Waals surface area contributed by atoms with Gasteiger partial charge in [-0.15, -0.1) is 0 Å². The lowest BCUT2D eigenvalue weighted by atomic mass is 10.2. The molecule has 2 amide bonds. The summed E-state index contributed by atoms with van der Waals surface area (Å²) in [7, 11) is 0. The first kappa shape index (κ1) is 30.7. The lowest BCUT2D eigenvalue weighted by molar-refractivity contribution is -0.120. The van der Waals surface area contributed by atoms with Gasteiger partial charge < -0.3 is 14.8 Å². The van der Waals surface area contributed by atoms with E-state index in [9.17, 15) is 19.2 Å². The van der Waals surface area contributed by atoms with Crippen molar-refractivity contribution in [2.75, 3.05) is 6.54 Å². The van der Waals surface area contributed by atoms with Crippen LogP contribution in [0.1, 0.15) is 36.6 Å². The number of hydrazone groups is 1. The van der Waals surface area contributed by atoms with Crippen LogP contribution in [0.5, 0.6) is 11.5 Å². The van der Waals surface area contributed by atoms with E-state index in [0.717, 1.165) is 3.57 Å². The van der Waals surface area contributed by atoms with Gasteiger partial charge in [0.2, 0.25) is 0 Å². The fraction of sp³-hybridized carbons (Fsp3) is 0.0333. The van der Waals surface area contributed by atoms with Crippen molar-refractivity contribution in [2.24, 2.45) is 5.10 Å². The number of nitrogens with one attached hydrogen (secondary N) is 2. The summed E-state index contributed by atoms with van der Waals surface area (Å²) in [6.07, 6.45) is 1.25. The summed E-state index contributed by atoms with van der Waals surface area (Å²) in [5, 5.41) is 7.34. The molecule has 0 aliphatic heterocycles. The van der Waals surface area contributed by atoms with Crippen molar-refractivity contribution < 1.29 is 28.7 Å². The molecule has 212 valence electrons. The van der Waals surface area contributed by atoms with Crippen molar-refractivity contribution >= 4 is 75.8 Å². The van der Waals surface area contributed by atoms with E-state index in [1.807, 2.05) is 22.6 Å². The van der Waals surface area contributed by atoms with Gasteiger partial charge in [-0.25, -0.2) is 15.0 Å².